The third-order valence-electron chi connectivity index (χ3n) is 4.57. The van der Waals surface area contributed by atoms with E-state index in [4.69, 9.17) is 4.74 Å². The summed E-state index contributed by atoms with van der Waals surface area (Å²) in [7, 11) is 0. The Bertz CT molecular complexity index is 774. The number of hydrogen-bond donors (Lipinski definition) is 0. The van der Waals surface area contributed by atoms with E-state index in [9.17, 15) is 5.26 Å². The van der Waals surface area contributed by atoms with E-state index in [1.807, 2.05) is 43.9 Å². The zero-order valence-electron chi connectivity index (χ0n) is 13.4. The van der Waals surface area contributed by atoms with Gasteiger partial charge in [-0.25, -0.2) is 0 Å². The topological polar surface area (TPSA) is 50.8 Å². The van der Waals surface area contributed by atoms with Crippen LogP contribution in [0, 0.1) is 25.2 Å². The van der Waals surface area contributed by atoms with Gasteiger partial charge >= 0.3 is 0 Å². The van der Waals surface area contributed by atoms with E-state index < -0.39 is 0 Å². The maximum Gasteiger partial charge on any atom is 0.168 e. The molecule has 4 nitrogen and oxygen atoms in total. The van der Waals surface area contributed by atoms with Crippen molar-refractivity contribution in [2.45, 2.75) is 38.6 Å². The van der Waals surface area contributed by atoms with E-state index in [-0.39, 0.29) is 0 Å². The van der Waals surface area contributed by atoms with Crippen LogP contribution in [0.3, 0.4) is 0 Å². The standard InChI is InChI=1S/C18H19N3OS/c1-11-5-15(6-12(2)16(11)7-19)22-17-8-20-21(14-9-23-10-14)18(17)13-3-4-13/h5-6,8,13-14H,3-4,9-10H2,1-2H3. The van der Waals surface area contributed by atoms with Crippen LogP contribution in [0.4, 0.5) is 0 Å². The Labute approximate surface area is 140 Å². The second-order valence-corrected chi connectivity index (χ2v) is 7.53. The second-order valence-electron chi connectivity index (χ2n) is 6.45. The zero-order chi connectivity index (χ0) is 16.0. The van der Waals surface area contributed by atoms with Gasteiger partial charge in [-0.2, -0.15) is 22.1 Å². The summed E-state index contributed by atoms with van der Waals surface area (Å²) in [4.78, 5) is 0. The molecule has 1 aliphatic carbocycles. The van der Waals surface area contributed by atoms with Crippen LogP contribution in [0.5, 0.6) is 11.5 Å². The molecule has 0 N–H and O–H groups in total. The number of thioether (sulfide) groups is 1. The highest BCUT2D eigenvalue weighted by molar-refractivity contribution is 8.00. The molecule has 2 aromatic rings. The van der Waals surface area contributed by atoms with Crippen molar-refractivity contribution in [3.63, 3.8) is 0 Å². The molecule has 0 amide bonds. The molecule has 2 fully saturated rings. The fraction of sp³-hybridized carbons (Fsp3) is 0.444. The molecule has 0 atom stereocenters. The summed E-state index contributed by atoms with van der Waals surface area (Å²) in [6, 6.07) is 6.67. The van der Waals surface area contributed by atoms with Gasteiger partial charge < -0.3 is 4.74 Å². The summed E-state index contributed by atoms with van der Waals surface area (Å²) in [6.45, 7) is 3.91. The fourth-order valence-electron chi connectivity index (χ4n) is 3.12. The van der Waals surface area contributed by atoms with Gasteiger partial charge in [-0.05, 0) is 49.9 Å². The molecule has 1 saturated heterocycles. The van der Waals surface area contributed by atoms with Gasteiger partial charge in [0.05, 0.1) is 29.6 Å². The molecule has 0 unspecified atom stereocenters. The van der Waals surface area contributed by atoms with Crippen molar-refractivity contribution >= 4 is 11.8 Å². The molecule has 1 aromatic heterocycles. The third kappa shape index (κ3) is 2.61. The van der Waals surface area contributed by atoms with Gasteiger partial charge in [0.25, 0.3) is 0 Å². The lowest BCUT2D eigenvalue weighted by Gasteiger charge is -2.27. The van der Waals surface area contributed by atoms with Crippen molar-refractivity contribution in [1.29, 1.82) is 5.26 Å². The smallest absolute Gasteiger partial charge is 0.168 e. The molecule has 1 aliphatic heterocycles. The Kier molecular flexibility index (Phi) is 3.57. The first kappa shape index (κ1) is 14.6. The SMILES string of the molecule is Cc1cc(Oc2cnn(C3CSC3)c2C2CC2)cc(C)c1C#N. The molecule has 4 rings (SSSR count). The first-order chi connectivity index (χ1) is 11.2. The van der Waals surface area contributed by atoms with Gasteiger partial charge in [-0.1, -0.05) is 0 Å². The van der Waals surface area contributed by atoms with E-state index in [1.165, 1.54) is 18.5 Å². The Balaban J connectivity index is 1.67. The number of rotatable bonds is 4. The minimum atomic E-state index is 0.525. The van der Waals surface area contributed by atoms with Crippen molar-refractivity contribution in [1.82, 2.24) is 9.78 Å². The van der Waals surface area contributed by atoms with Crippen LogP contribution >= 0.6 is 11.8 Å². The maximum absolute atomic E-state index is 9.20. The molecule has 0 spiro atoms. The van der Waals surface area contributed by atoms with Crippen LogP contribution < -0.4 is 4.74 Å². The zero-order valence-corrected chi connectivity index (χ0v) is 14.2. The fourth-order valence-corrected chi connectivity index (χ4v) is 3.85. The van der Waals surface area contributed by atoms with Gasteiger partial charge in [-0.15, -0.1) is 0 Å². The molecule has 23 heavy (non-hydrogen) atoms. The van der Waals surface area contributed by atoms with Crippen LogP contribution in [-0.2, 0) is 0 Å². The third-order valence-corrected chi connectivity index (χ3v) is 5.82. The average molecular weight is 325 g/mol. The van der Waals surface area contributed by atoms with Crippen molar-refractivity contribution in [3.05, 3.63) is 40.7 Å². The Hall–Kier alpha value is -1.93. The highest BCUT2D eigenvalue weighted by atomic mass is 32.2. The second kappa shape index (κ2) is 5.61. The summed E-state index contributed by atoms with van der Waals surface area (Å²) in [5, 5.41) is 13.8. The van der Waals surface area contributed by atoms with Gasteiger partial charge in [0.15, 0.2) is 5.75 Å². The average Bonchev–Trinajstić information content (AvgIpc) is 3.20. The first-order valence-corrected chi connectivity index (χ1v) is 9.17. The number of benzene rings is 1. The molecular weight excluding hydrogens is 306 g/mol. The minimum absolute atomic E-state index is 0.525. The lowest BCUT2D eigenvalue weighted by atomic mass is 10.0. The highest BCUT2D eigenvalue weighted by Crippen LogP contribution is 2.47. The number of nitrogens with zero attached hydrogens (tertiary/aromatic N) is 3. The molecule has 5 heteroatoms. The van der Waals surface area contributed by atoms with Crippen molar-refractivity contribution < 1.29 is 4.74 Å². The van der Waals surface area contributed by atoms with E-state index in [0.717, 1.165) is 39.7 Å². The van der Waals surface area contributed by atoms with Crippen LogP contribution in [0.2, 0.25) is 0 Å². The normalized spacial score (nSPS) is 17.6. The van der Waals surface area contributed by atoms with Gasteiger partial charge in [0.1, 0.15) is 5.75 Å². The summed E-state index contributed by atoms with van der Waals surface area (Å²) in [5.41, 5.74) is 3.91. The monoisotopic (exact) mass is 325 g/mol. The van der Waals surface area contributed by atoms with Gasteiger partial charge in [0.2, 0.25) is 0 Å². The number of hydrogen-bond acceptors (Lipinski definition) is 4. The van der Waals surface area contributed by atoms with Crippen LogP contribution in [-0.4, -0.2) is 21.3 Å². The summed E-state index contributed by atoms with van der Waals surface area (Å²) in [5.74, 6) is 4.57. The van der Waals surface area contributed by atoms with E-state index in [0.29, 0.717) is 12.0 Å². The Morgan fingerprint density at radius 1 is 1.26 bits per heavy atom. The van der Waals surface area contributed by atoms with Crippen molar-refractivity contribution in [3.8, 4) is 17.6 Å². The highest BCUT2D eigenvalue weighted by Gasteiger charge is 2.35. The summed E-state index contributed by atoms with van der Waals surface area (Å²) in [6.07, 6.45) is 4.32. The lowest BCUT2D eigenvalue weighted by Crippen LogP contribution is -2.25. The van der Waals surface area contributed by atoms with Crippen molar-refractivity contribution in [2.24, 2.45) is 0 Å². The van der Waals surface area contributed by atoms with E-state index in [2.05, 4.69) is 15.8 Å². The summed E-state index contributed by atoms with van der Waals surface area (Å²) >= 11 is 1.97. The predicted molar refractivity (Wildman–Crippen MR) is 91.3 cm³/mol. The number of aryl methyl sites for hydroxylation is 2. The number of ether oxygens (including phenoxy) is 1. The van der Waals surface area contributed by atoms with Crippen LogP contribution in [0.15, 0.2) is 18.3 Å². The minimum Gasteiger partial charge on any atom is -0.454 e. The van der Waals surface area contributed by atoms with Crippen LogP contribution in [0.25, 0.3) is 0 Å². The molecule has 1 saturated carbocycles. The lowest BCUT2D eigenvalue weighted by molar-refractivity contribution is 0.460. The number of nitriles is 1. The molecular formula is C18H19N3OS. The quantitative estimate of drug-likeness (QED) is 0.839. The van der Waals surface area contributed by atoms with Crippen molar-refractivity contribution in [2.75, 3.05) is 11.5 Å². The molecule has 1 aromatic carbocycles. The molecule has 118 valence electrons. The Morgan fingerprint density at radius 3 is 2.48 bits per heavy atom. The molecule has 2 aliphatic rings. The van der Waals surface area contributed by atoms with E-state index in [1.54, 1.807) is 0 Å². The molecule has 0 bridgehead atoms. The first-order valence-electron chi connectivity index (χ1n) is 8.01. The molecule has 2 heterocycles. The number of aromatic nitrogens is 2. The van der Waals surface area contributed by atoms with E-state index >= 15 is 0 Å². The summed E-state index contributed by atoms with van der Waals surface area (Å²) < 4.78 is 8.36. The maximum atomic E-state index is 9.20. The van der Waals surface area contributed by atoms with Crippen LogP contribution in [0.1, 0.15) is 47.2 Å². The predicted octanol–water partition coefficient (Wildman–Crippen LogP) is 4.33. The molecule has 0 radical (unpaired) electrons. The van der Waals surface area contributed by atoms with Gasteiger partial charge in [-0.3, -0.25) is 4.68 Å². The Morgan fingerprint density at radius 2 is 1.96 bits per heavy atom. The van der Waals surface area contributed by atoms with Gasteiger partial charge in [0, 0.05) is 17.4 Å². The largest absolute Gasteiger partial charge is 0.454 e.